The number of rotatable bonds is 2. The van der Waals surface area contributed by atoms with Gasteiger partial charge in [0.05, 0.1) is 5.69 Å². The molecule has 0 heterocycles. The van der Waals surface area contributed by atoms with E-state index in [0.29, 0.717) is 0 Å². The van der Waals surface area contributed by atoms with Crippen LogP contribution in [0.3, 0.4) is 0 Å². The number of aromatic hydroxyl groups is 1. The van der Waals surface area contributed by atoms with Crippen LogP contribution in [-0.4, -0.2) is 11.0 Å². The molecule has 0 atom stereocenters. The number of phenolic OH excluding ortho intramolecular Hbond substituents is 1. The highest BCUT2D eigenvalue weighted by Gasteiger charge is 2.25. The van der Waals surface area contributed by atoms with E-state index in [1.165, 1.54) is 12.1 Å². The minimum Gasteiger partial charge on any atom is -0.508 e. The minimum absolute atomic E-state index is 0.0261. The fraction of sp³-hybridized carbons (Fsp3) is 0.364. The molecule has 1 aliphatic rings. The van der Waals surface area contributed by atoms with Gasteiger partial charge in [-0.1, -0.05) is 6.42 Å². The van der Waals surface area contributed by atoms with E-state index in [1.54, 1.807) is 0 Å². The summed E-state index contributed by atoms with van der Waals surface area (Å²) in [6, 6.07) is 3.69. The average molecular weight is 209 g/mol. The van der Waals surface area contributed by atoms with Gasteiger partial charge in [-0.3, -0.25) is 4.79 Å². The molecule has 15 heavy (non-hydrogen) atoms. The van der Waals surface area contributed by atoms with Crippen LogP contribution in [0.4, 0.5) is 10.1 Å². The normalized spacial score (nSPS) is 15.8. The topological polar surface area (TPSA) is 49.3 Å². The SMILES string of the molecule is O=C(Nc1ccc(O)cc1F)C1CCC1. The zero-order chi connectivity index (χ0) is 10.8. The first-order valence-electron chi connectivity index (χ1n) is 4.96. The van der Waals surface area contributed by atoms with Crippen LogP contribution in [0.1, 0.15) is 19.3 Å². The fourth-order valence-electron chi connectivity index (χ4n) is 1.51. The van der Waals surface area contributed by atoms with Crippen molar-refractivity contribution in [3.8, 4) is 5.75 Å². The quantitative estimate of drug-likeness (QED) is 0.734. The van der Waals surface area contributed by atoms with Crippen LogP contribution >= 0.6 is 0 Å². The Morgan fingerprint density at radius 2 is 2.20 bits per heavy atom. The molecule has 0 bridgehead atoms. The molecule has 1 aliphatic carbocycles. The molecule has 0 spiro atoms. The summed E-state index contributed by atoms with van der Waals surface area (Å²) >= 11 is 0. The fourth-order valence-corrected chi connectivity index (χ4v) is 1.51. The summed E-state index contributed by atoms with van der Waals surface area (Å²) in [6.07, 6.45) is 2.83. The Balaban J connectivity index is 2.06. The zero-order valence-corrected chi connectivity index (χ0v) is 8.16. The smallest absolute Gasteiger partial charge is 0.227 e. The lowest BCUT2D eigenvalue weighted by molar-refractivity contribution is -0.122. The van der Waals surface area contributed by atoms with Crippen molar-refractivity contribution < 1.29 is 14.3 Å². The number of anilines is 1. The van der Waals surface area contributed by atoms with Crippen molar-refractivity contribution in [2.45, 2.75) is 19.3 Å². The molecule has 0 radical (unpaired) electrons. The van der Waals surface area contributed by atoms with E-state index in [9.17, 15) is 9.18 Å². The number of hydrogen-bond donors (Lipinski definition) is 2. The van der Waals surface area contributed by atoms with Crippen LogP contribution in [0.15, 0.2) is 18.2 Å². The van der Waals surface area contributed by atoms with Gasteiger partial charge in [0.1, 0.15) is 11.6 Å². The molecule has 1 amide bonds. The molecule has 2 rings (SSSR count). The molecule has 80 valence electrons. The molecule has 1 aromatic rings. The molecule has 0 aromatic heterocycles. The minimum atomic E-state index is -0.609. The number of nitrogens with one attached hydrogen (secondary N) is 1. The number of carbonyl (C=O) groups is 1. The summed E-state index contributed by atoms with van der Waals surface area (Å²) in [5, 5.41) is 11.5. The summed E-state index contributed by atoms with van der Waals surface area (Å²) in [5.74, 6) is -0.860. The summed E-state index contributed by atoms with van der Waals surface area (Å²) in [6.45, 7) is 0. The maximum Gasteiger partial charge on any atom is 0.227 e. The highest BCUT2D eigenvalue weighted by Crippen LogP contribution is 2.28. The lowest BCUT2D eigenvalue weighted by Crippen LogP contribution is -2.28. The third-order valence-corrected chi connectivity index (χ3v) is 2.69. The van der Waals surface area contributed by atoms with Gasteiger partial charge >= 0.3 is 0 Å². The average Bonchev–Trinajstić information content (AvgIpc) is 2.07. The van der Waals surface area contributed by atoms with Crippen molar-refractivity contribution in [1.29, 1.82) is 0 Å². The number of halogens is 1. The first-order chi connectivity index (χ1) is 7.16. The van der Waals surface area contributed by atoms with Crippen LogP contribution < -0.4 is 5.32 Å². The van der Waals surface area contributed by atoms with E-state index in [2.05, 4.69) is 5.32 Å². The van der Waals surface area contributed by atoms with Crippen LogP contribution in [0.5, 0.6) is 5.75 Å². The second-order valence-electron chi connectivity index (χ2n) is 3.78. The van der Waals surface area contributed by atoms with Crippen molar-refractivity contribution in [3.63, 3.8) is 0 Å². The van der Waals surface area contributed by atoms with Crippen LogP contribution in [0.25, 0.3) is 0 Å². The maximum absolute atomic E-state index is 13.2. The summed E-state index contributed by atoms with van der Waals surface area (Å²) in [7, 11) is 0. The number of benzene rings is 1. The molecule has 1 fully saturated rings. The first-order valence-corrected chi connectivity index (χ1v) is 4.96. The Hall–Kier alpha value is -1.58. The van der Waals surface area contributed by atoms with Gasteiger partial charge < -0.3 is 10.4 Å². The van der Waals surface area contributed by atoms with E-state index in [-0.39, 0.29) is 23.3 Å². The summed E-state index contributed by atoms with van der Waals surface area (Å²) < 4.78 is 13.2. The van der Waals surface area contributed by atoms with Crippen molar-refractivity contribution in [2.24, 2.45) is 5.92 Å². The van der Waals surface area contributed by atoms with E-state index >= 15 is 0 Å². The van der Waals surface area contributed by atoms with Crippen LogP contribution in [0.2, 0.25) is 0 Å². The van der Waals surface area contributed by atoms with Crippen molar-refractivity contribution in [2.75, 3.05) is 5.32 Å². The first kappa shape index (κ1) is 9.96. The Morgan fingerprint density at radius 1 is 1.47 bits per heavy atom. The van der Waals surface area contributed by atoms with Gasteiger partial charge in [0, 0.05) is 12.0 Å². The summed E-state index contributed by atoms with van der Waals surface area (Å²) in [4.78, 5) is 11.5. The molecule has 3 nitrogen and oxygen atoms in total. The van der Waals surface area contributed by atoms with Gasteiger partial charge in [0.25, 0.3) is 0 Å². The predicted molar refractivity (Wildman–Crippen MR) is 54.0 cm³/mol. The van der Waals surface area contributed by atoms with Gasteiger partial charge in [-0.25, -0.2) is 4.39 Å². The molecule has 2 N–H and O–H groups in total. The van der Waals surface area contributed by atoms with Crippen molar-refractivity contribution in [3.05, 3.63) is 24.0 Å². The lowest BCUT2D eigenvalue weighted by Gasteiger charge is -2.24. The Labute approximate surface area is 86.9 Å². The van der Waals surface area contributed by atoms with Crippen LogP contribution in [-0.2, 0) is 4.79 Å². The molecule has 0 aliphatic heterocycles. The van der Waals surface area contributed by atoms with Crippen molar-refractivity contribution >= 4 is 11.6 Å². The standard InChI is InChI=1S/C11H12FNO2/c12-9-6-8(14)4-5-10(9)13-11(15)7-2-1-3-7/h4-7,14H,1-3H2,(H,13,15). The zero-order valence-electron chi connectivity index (χ0n) is 8.16. The molecule has 0 saturated heterocycles. The van der Waals surface area contributed by atoms with Crippen molar-refractivity contribution in [1.82, 2.24) is 0 Å². The molecule has 4 heteroatoms. The number of carbonyl (C=O) groups excluding carboxylic acids is 1. The summed E-state index contributed by atoms with van der Waals surface area (Å²) in [5.41, 5.74) is 0.129. The van der Waals surface area contributed by atoms with Gasteiger partial charge in [0.15, 0.2) is 0 Å². The largest absolute Gasteiger partial charge is 0.508 e. The highest BCUT2D eigenvalue weighted by molar-refractivity contribution is 5.93. The van der Waals surface area contributed by atoms with E-state index in [0.717, 1.165) is 25.3 Å². The maximum atomic E-state index is 13.2. The number of phenols is 1. The van der Waals surface area contributed by atoms with E-state index in [1.807, 2.05) is 0 Å². The number of hydrogen-bond acceptors (Lipinski definition) is 2. The second-order valence-corrected chi connectivity index (χ2v) is 3.78. The van der Waals surface area contributed by atoms with Gasteiger partial charge in [-0.15, -0.1) is 0 Å². The Bertz CT molecular complexity index is 388. The highest BCUT2D eigenvalue weighted by atomic mass is 19.1. The third kappa shape index (κ3) is 2.09. The van der Waals surface area contributed by atoms with Gasteiger partial charge in [0.2, 0.25) is 5.91 Å². The molecular weight excluding hydrogens is 197 g/mol. The lowest BCUT2D eigenvalue weighted by atomic mass is 9.85. The predicted octanol–water partition coefficient (Wildman–Crippen LogP) is 2.27. The third-order valence-electron chi connectivity index (χ3n) is 2.69. The van der Waals surface area contributed by atoms with Gasteiger partial charge in [-0.2, -0.15) is 0 Å². The number of amides is 1. The Kier molecular flexibility index (Phi) is 2.58. The second kappa shape index (κ2) is 3.88. The monoisotopic (exact) mass is 209 g/mol. The molecule has 0 unspecified atom stereocenters. The van der Waals surface area contributed by atoms with Crippen LogP contribution in [0, 0.1) is 11.7 Å². The molecule has 1 aromatic carbocycles. The Morgan fingerprint density at radius 3 is 2.73 bits per heavy atom. The molecular formula is C11H12FNO2. The van der Waals surface area contributed by atoms with Gasteiger partial charge in [-0.05, 0) is 25.0 Å². The van der Waals surface area contributed by atoms with E-state index < -0.39 is 5.82 Å². The van der Waals surface area contributed by atoms with E-state index in [4.69, 9.17) is 5.11 Å². The molecule has 1 saturated carbocycles.